The van der Waals surface area contributed by atoms with E-state index in [4.69, 9.17) is 4.74 Å². The number of nitrogens with one attached hydrogen (secondary N) is 1. The Morgan fingerprint density at radius 3 is 2.62 bits per heavy atom. The third-order valence-corrected chi connectivity index (χ3v) is 4.35. The first-order valence-corrected chi connectivity index (χ1v) is 8.21. The van der Waals surface area contributed by atoms with Crippen molar-refractivity contribution in [3.63, 3.8) is 0 Å². The number of carbonyl (C=O) groups is 1. The van der Waals surface area contributed by atoms with Crippen molar-refractivity contribution >= 4 is 5.91 Å². The van der Waals surface area contributed by atoms with Gasteiger partial charge in [0.15, 0.2) is 0 Å². The van der Waals surface area contributed by atoms with E-state index in [0.717, 1.165) is 12.0 Å². The van der Waals surface area contributed by atoms with Crippen LogP contribution in [0, 0.1) is 11.7 Å². The number of aryl methyl sites for hydroxylation is 1. The molecular formula is C19H21FN2O2. The maximum absolute atomic E-state index is 12.9. The molecule has 5 heteroatoms. The standard InChI is InChI=1S/C19H21FN2O2/c20-17-4-1-14(2-5-17)3-6-19(23)22-18-13-24-12-16(18)11-15-7-9-21-10-8-15/h1-2,4-5,7-10,16,18H,3,6,11-13H2,(H,22,23)/t16-,18+/m1/s1. The predicted octanol–water partition coefficient (Wildman–Crippen LogP) is 2.53. The van der Waals surface area contributed by atoms with Gasteiger partial charge in [-0.25, -0.2) is 4.39 Å². The minimum absolute atomic E-state index is 0.00885. The predicted molar refractivity (Wildman–Crippen MR) is 88.9 cm³/mol. The number of nitrogens with zero attached hydrogens (tertiary/aromatic N) is 1. The number of ether oxygens (including phenoxy) is 1. The highest BCUT2D eigenvalue weighted by atomic mass is 19.1. The third-order valence-electron chi connectivity index (χ3n) is 4.35. The second-order valence-electron chi connectivity index (χ2n) is 6.16. The summed E-state index contributed by atoms with van der Waals surface area (Å²) in [5, 5.41) is 3.08. The van der Waals surface area contributed by atoms with Gasteiger partial charge in [0.25, 0.3) is 0 Å². The van der Waals surface area contributed by atoms with Crippen LogP contribution in [0.1, 0.15) is 17.5 Å². The molecule has 0 radical (unpaired) electrons. The van der Waals surface area contributed by atoms with Crippen LogP contribution in [0.2, 0.25) is 0 Å². The highest BCUT2D eigenvalue weighted by Crippen LogP contribution is 2.19. The van der Waals surface area contributed by atoms with Gasteiger partial charge in [0, 0.05) is 24.7 Å². The zero-order valence-corrected chi connectivity index (χ0v) is 13.5. The van der Waals surface area contributed by atoms with E-state index in [1.54, 1.807) is 24.5 Å². The van der Waals surface area contributed by atoms with Crippen LogP contribution in [0.5, 0.6) is 0 Å². The van der Waals surface area contributed by atoms with Crippen molar-refractivity contribution in [2.24, 2.45) is 5.92 Å². The van der Waals surface area contributed by atoms with Crippen molar-refractivity contribution < 1.29 is 13.9 Å². The highest BCUT2D eigenvalue weighted by Gasteiger charge is 2.29. The van der Waals surface area contributed by atoms with E-state index in [9.17, 15) is 9.18 Å². The molecule has 1 aliphatic rings. The van der Waals surface area contributed by atoms with Gasteiger partial charge in [0.1, 0.15) is 5.82 Å². The quantitative estimate of drug-likeness (QED) is 0.886. The highest BCUT2D eigenvalue weighted by molar-refractivity contribution is 5.76. The lowest BCUT2D eigenvalue weighted by molar-refractivity contribution is -0.122. The number of hydrogen-bond acceptors (Lipinski definition) is 3. The van der Waals surface area contributed by atoms with E-state index in [2.05, 4.69) is 10.3 Å². The Labute approximate surface area is 141 Å². The van der Waals surface area contributed by atoms with E-state index >= 15 is 0 Å². The van der Waals surface area contributed by atoms with Crippen LogP contribution in [-0.4, -0.2) is 30.1 Å². The molecule has 2 atom stereocenters. The van der Waals surface area contributed by atoms with Crippen LogP contribution in [-0.2, 0) is 22.4 Å². The van der Waals surface area contributed by atoms with Crippen molar-refractivity contribution in [3.8, 4) is 0 Å². The summed E-state index contributed by atoms with van der Waals surface area (Å²) in [6, 6.07) is 10.3. The number of amides is 1. The van der Waals surface area contributed by atoms with Crippen LogP contribution in [0.15, 0.2) is 48.8 Å². The zero-order valence-electron chi connectivity index (χ0n) is 13.5. The van der Waals surface area contributed by atoms with Gasteiger partial charge in [-0.15, -0.1) is 0 Å². The molecule has 0 unspecified atom stereocenters. The Morgan fingerprint density at radius 2 is 1.88 bits per heavy atom. The van der Waals surface area contributed by atoms with Crippen molar-refractivity contribution in [3.05, 3.63) is 65.7 Å². The molecule has 1 amide bonds. The van der Waals surface area contributed by atoms with Gasteiger partial charge < -0.3 is 10.1 Å². The Kier molecular flexibility index (Phi) is 5.54. The maximum atomic E-state index is 12.9. The van der Waals surface area contributed by atoms with Crippen molar-refractivity contribution in [2.45, 2.75) is 25.3 Å². The van der Waals surface area contributed by atoms with Crippen LogP contribution >= 0.6 is 0 Å². The van der Waals surface area contributed by atoms with Gasteiger partial charge in [0.2, 0.25) is 5.91 Å². The number of hydrogen-bond donors (Lipinski definition) is 1. The van der Waals surface area contributed by atoms with Crippen LogP contribution in [0.3, 0.4) is 0 Å². The van der Waals surface area contributed by atoms with E-state index in [1.807, 2.05) is 12.1 Å². The van der Waals surface area contributed by atoms with Crippen molar-refractivity contribution in [2.75, 3.05) is 13.2 Å². The van der Waals surface area contributed by atoms with E-state index in [-0.39, 0.29) is 23.7 Å². The van der Waals surface area contributed by atoms with Crippen molar-refractivity contribution in [1.82, 2.24) is 10.3 Å². The van der Waals surface area contributed by atoms with Gasteiger partial charge >= 0.3 is 0 Å². The zero-order chi connectivity index (χ0) is 16.8. The summed E-state index contributed by atoms with van der Waals surface area (Å²) >= 11 is 0. The molecule has 2 heterocycles. The molecule has 1 aromatic carbocycles. The summed E-state index contributed by atoms with van der Waals surface area (Å²) in [7, 11) is 0. The summed E-state index contributed by atoms with van der Waals surface area (Å²) in [6.45, 7) is 1.21. The summed E-state index contributed by atoms with van der Waals surface area (Å²) < 4.78 is 18.4. The second-order valence-corrected chi connectivity index (χ2v) is 6.16. The first-order chi connectivity index (χ1) is 11.7. The fraction of sp³-hybridized carbons (Fsp3) is 0.368. The topological polar surface area (TPSA) is 51.2 Å². The molecule has 2 aromatic rings. The average molecular weight is 328 g/mol. The molecule has 3 rings (SSSR count). The van der Waals surface area contributed by atoms with Gasteiger partial charge in [0.05, 0.1) is 19.3 Å². The molecule has 0 bridgehead atoms. The Hall–Kier alpha value is -2.27. The minimum atomic E-state index is -0.259. The molecule has 126 valence electrons. The largest absolute Gasteiger partial charge is 0.379 e. The molecule has 0 spiro atoms. The van der Waals surface area contributed by atoms with Crippen LogP contribution in [0.25, 0.3) is 0 Å². The monoisotopic (exact) mass is 328 g/mol. The first-order valence-electron chi connectivity index (χ1n) is 8.21. The maximum Gasteiger partial charge on any atom is 0.220 e. The summed E-state index contributed by atoms with van der Waals surface area (Å²) in [6.07, 6.45) is 5.42. The first kappa shape index (κ1) is 16.6. The molecule has 24 heavy (non-hydrogen) atoms. The Balaban J connectivity index is 1.48. The average Bonchev–Trinajstić information content (AvgIpc) is 3.02. The Bertz CT molecular complexity index is 661. The van der Waals surface area contributed by atoms with Gasteiger partial charge in [-0.05, 0) is 48.2 Å². The Morgan fingerprint density at radius 1 is 1.12 bits per heavy atom. The lowest BCUT2D eigenvalue weighted by Gasteiger charge is -2.19. The second kappa shape index (κ2) is 8.02. The number of carbonyl (C=O) groups excluding carboxylic acids is 1. The SMILES string of the molecule is O=C(CCc1ccc(F)cc1)N[C@H]1COC[C@H]1Cc1ccncc1. The molecule has 1 saturated heterocycles. The fourth-order valence-corrected chi connectivity index (χ4v) is 2.97. The molecule has 4 nitrogen and oxygen atoms in total. The van der Waals surface area contributed by atoms with E-state index in [1.165, 1.54) is 17.7 Å². The number of aromatic nitrogens is 1. The molecular weight excluding hydrogens is 307 g/mol. The number of benzene rings is 1. The molecule has 1 fully saturated rings. The smallest absolute Gasteiger partial charge is 0.220 e. The lowest BCUT2D eigenvalue weighted by Crippen LogP contribution is -2.40. The third kappa shape index (κ3) is 4.61. The molecule has 1 aliphatic heterocycles. The number of pyridine rings is 1. The lowest BCUT2D eigenvalue weighted by atomic mass is 9.95. The van der Waals surface area contributed by atoms with Crippen LogP contribution in [0.4, 0.5) is 4.39 Å². The molecule has 1 aromatic heterocycles. The van der Waals surface area contributed by atoms with Gasteiger partial charge in [-0.1, -0.05) is 12.1 Å². The fourth-order valence-electron chi connectivity index (χ4n) is 2.97. The minimum Gasteiger partial charge on any atom is -0.379 e. The van der Waals surface area contributed by atoms with E-state index < -0.39 is 0 Å². The van der Waals surface area contributed by atoms with Gasteiger partial charge in [-0.3, -0.25) is 9.78 Å². The number of rotatable bonds is 6. The van der Waals surface area contributed by atoms with Gasteiger partial charge in [-0.2, -0.15) is 0 Å². The normalized spacial score (nSPS) is 20.0. The summed E-state index contributed by atoms with van der Waals surface area (Å²) in [5.74, 6) is 0.0296. The van der Waals surface area contributed by atoms with Crippen LogP contribution < -0.4 is 5.32 Å². The molecule has 0 aliphatic carbocycles. The molecule has 1 N–H and O–H groups in total. The summed E-state index contributed by atoms with van der Waals surface area (Å²) in [5.41, 5.74) is 2.16. The molecule has 0 saturated carbocycles. The summed E-state index contributed by atoms with van der Waals surface area (Å²) in [4.78, 5) is 16.2. The number of halogens is 1. The van der Waals surface area contributed by atoms with Crippen molar-refractivity contribution in [1.29, 1.82) is 0 Å². The van der Waals surface area contributed by atoms with E-state index in [0.29, 0.717) is 26.1 Å².